The Hall–Kier alpha value is -2.89. The van der Waals surface area contributed by atoms with E-state index in [1.165, 1.54) is 22.0 Å². The van der Waals surface area contributed by atoms with Crippen LogP contribution in [0.2, 0.25) is 0 Å². The number of hydrogen-bond acceptors (Lipinski definition) is 4. The number of nitrogens with zero attached hydrogens (tertiary/aromatic N) is 3. The molecule has 0 fully saturated rings. The van der Waals surface area contributed by atoms with Crippen molar-refractivity contribution in [3.05, 3.63) is 57.3 Å². The third-order valence-corrected chi connectivity index (χ3v) is 5.30. The molecular weight excluding hydrogens is 342 g/mol. The Balaban J connectivity index is 1.84. The van der Waals surface area contributed by atoms with Crippen molar-refractivity contribution < 1.29 is 9.21 Å². The second-order valence-electron chi connectivity index (χ2n) is 7.48. The Kier molecular flexibility index (Phi) is 4.13. The van der Waals surface area contributed by atoms with Gasteiger partial charge >= 0.3 is 0 Å². The molecular formula is C21H23N3O3. The smallest absolute Gasteiger partial charge is 0.265 e. The van der Waals surface area contributed by atoms with E-state index in [1.807, 2.05) is 6.07 Å². The lowest BCUT2D eigenvalue weighted by molar-refractivity contribution is 0.0985. The first-order valence-corrected chi connectivity index (χ1v) is 9.28. The zero-order valence-corrected chi connectivity index (χ0v) is 16.1. The van der Waals surface area contributed by atoms with Crippen LogP contribution >= 0.6 is 0 Å². The van der Waals surface area contributed by atoms with E-state index in [4.69, 9.17) is 4.42 Å². The summed E-state index contributed by atoms with van der Waals surface area (Å²) in [5, 5.41) is 0.258. The quantitative estimate of drug-likeness (QED) is 0.696. The highest BCUT2D eigenvalue weighted by Crippen LogP contribution is 2.33. The van der Waals surface area contributed by atoms with E-state index < -0.39 is 0 Å². The van der Waals surface area contributed by atoms with Gasteiger partial charge in [0.1, 0.15) is 17.5 Å². The van der Waals surface area contributed by atoms with Crippen LogP contribution in [0.4, 0.5) is 5.69 Å². The summed E-state index contributed by atoms with van der Waals surface area (Å²) in [6.45, 7) is 6.66. The molecule has 0 saturated carbocycles. The Morgan fingerprint density at radius 3 is 2.81 bits per heavy atom. The van der Waals surface area contributed by atoms with Crippen LogP contribution < -0.4 is 10.5 Å². The molecule has 0 aliphatic carbocycles. The Bertz CT molecular complexity index is 1110. The molecule has 3 aromatic rings. The van der Waals surface area contributed by atoms with Gasteiger partial charge in [0.2, 0.25) is 5.71 Å². The van der Waals surface area contributed by atoms with Gasteiger partial charge in [-0.15, -0.1) is 0 Å². The second kappa shape index (κ2) is 6.37. The molecule has 1 aliphatic rings. The minimum absolute atomic E-state index is 0.199. The predicted octanol–water partition coefficient (Wildman–Crippen LogP) is 3.55. The summed E-state index contributed by atoms with van der Waals surface area (Å²) in [5.41, 5.74) is 3.63. The molecule has 1 amide bonds. The van der Waals surface area contributed by atoms with E-state index in [9.17, 15) is 9.59 Å². The number of fused-ring (bicyclic) bond motifs is 2. The summed E-state index contributed by atoms with van der Waals surface area (Å²) in [6.07, 6.45) is 3.25. The number of carbonyl (C=O) groups is 1. The zero-order valence-electron chi connectivity index (χ0n) is 16.1. The fraction of sp³-hybridized carbons (Fsp3) is 0.381. The van der Waals surface area contributed by atoms with Gasteiger partial charge in [0, 0.05) is 19.3 Å². The summed E-state index contributed by atoms with van der Waals surface area (Å²) >= 11 is 0. The van der Waals surface area contributed by atoms with Crippen molar-refractivity contribution in [1.82, 2.24) is 9.55 Å². The molecule has 0 N–H and O–H groups in total. The summed E-state index contributed by atoms with van der Waals surface area (Å²) in [4.78, 5) is 32.0. The van der Waals surface area contributed by atoms with Gasteiger partial charge in [-0.2, -0.15) is 0 Å². The molecule has 0 saturated heterocycles. The summed E-state index contributed by atoms with van der Waals surface area (Å²) in [6, 6.07) is 6.30. The highest BCUT2D eigenvalue weighted by Gasteiger charge is 2.30. The fourth-order valence-electron chi connectivity index (χ4n) is 3.77. The Morgan fingerprint density at radius 1 is 1.30 bits per heavy atom. The summed E-state index contributed by atoms with van der Waals surface area (Å²) in [7, 11) is 1.62. The lowest BCUT2D eigenvalue weighted by atomic mass is 9.94. The lowest BCUT2D eigenvalue weighted by Gasteiger charge is -2.30. The topological polar surface area (TPSA) is 68.3 Å². The van der Waals surface area contributed by atoms with E-state index in [0.717, 1.165) is 18.5 Å². The van der Waals surface area contributed by atoms with Crippen molar-refractivity contribution in [2.24, 2.45) is 7.05 Å². The average Bonchev–Trinajstić information content (AvgIpc) is 3.00. The van der Waals surface area contributed by atoms with Gasteiger partial charge in [-0.3, -0.25) is 9.59 Å². The van der Waals surface area contributed by atoms with E-state index in [2.05, 4.69) is 31.0 Å². The highest BCUT2D eigenvalue weighted by atomic mass is 16.3. The molecule has 6 heteroatoms. The largest absolute Gasteiger partial charge is 0.442 e. The number of benzene rings is 1. The standard InChI is InChI=1S/C21H23N3O3/c1-12(2)14-7-8-16-15(10-14)6-5-9-24(16)21(26)17-13(3)27-19-18(17)20(25)23(4)11-22-19/h7-8,10-12H,5-6,9H2,1-4H3. The van der Waals surface area contributed by atoms with Crippen LogP contribution in [0, 0.1) is 6.92 Å². The highest BCUT2D eigenvalue weighted by molar-refractivity contribution is 6.14. The van der Waals surface area contributed by atoms with Crippen molar-refractivity contribution in [3.8, 4) is 0 Å². The first kappa shape index (κ1) is 17.5. The third-order valence-electron chi connectivity index (χ3n) is 5.30. The molecule has 3 heterocycles. The number of anilines is 1. The minimum atomic E-state index is -0.271. The zero-order chi connectivity index (χ0) is 19.3. The van der Waals surface area contributed by atoms with E-state index in [1.54, 1.807) is 18.9 Å². The molecule has 0 unspecified atom stereocenters. The van der Waals surface area contributed by atoms with Crippen LogP contribution in [-0.4, -0.2) is 22.0 Å². The molecule has 1 aliphatic heterocycles. The van der Waals surface area contributed by atoms with Crippen LogP contribution in [0.1, 0.15) is 53.4 Å². The van der Waals surface area contributed by atoms with Crippen LogP contribution in [0.15, 0.2) is 33.7 Å². The lowest BCUT2D eigenvalue weighted by Crippen LogP contribution is -2.36. The molecule has 0 radical (unpaired) electrons. The maximum absolute atomic E-state index is 13.4. The first-order chi connectivity index (χ1) is 12.9. The van der Waals surface area contributed by atoms with Crippen molar-refractivity contribution in [2.75, 3.05) is 11.4 Å². The number of amides is 1. The van der Waals surface area contributed by atoms with Crippen molar-refractivity contribution in [1.29, 1.82) is 0 Å². The fourth-order valence-corrected chi connectivity index (χ4v) is 3.77. The number of hydrogen-bond donors (Lipinski definition) is 0. The van der Waals surface area contributed by atoms with Gasteiger partial charge < -0.3 is 13.9 Å². The summed E-state index contributed by atoms with van der Waals surface area (Å²) < 4.78 is 6.98. The Morgan fingerprint density at radius 2 is 2.07 bits per heavy atom. The second-order valence-corrected chi connectivity index (χ2v) is 7.48. The van der Waals surface area contributed by atoms with Gasteiger partial charge in [-0.1, -0.05) is 26.0 Å². The SMILES string of the molecule is Cc1oc2ncn(C)c(=O)c2c1C(=O)N1CCCc2cc(C(C)C)ccc21. The molecule has 4 rings (SSSR count). The minimum Gasteiger partial charge on any atom is -0.442 e. The molecule has 2 aromatic heterocycles. The number of aryl methyl sites for hydroxylation is 3. The van der Waals surface area contributed by atoms with Crippen LogP contribution in [0.5, 0.6) is 0 Å². The molecule has 27 heavy (non-hydrogen) atoms. The number of carbonyl (C=O) groups excluding carboxylic acids is 1. The molecule has 0 spiro atoms. The van der Waals surface area contributed by atoms with Gasteiger partial charge in [0.05, 0.1) is 5.56 Å². The monoisotopic (exact) mass is 365 g/mol. The number of furan rings is 1. The first-order valence-electron chi connectivity index (χ1n) is 9.28. The van der Waals surface area contributed by atoms with Crippen molar-refractivity contribution in [3.63, 3.8) is 0 Å². The van der Waals surface area contributed by atoms with Gasteiger partial charge in [0.15, 0.2) is 0 Å². The normalized spacial score (nSPS) is 14.0. The summed E-state index contributed by atoms with van der Waals surface area (Å²) in [5.74, 6) is 0.668. The molecule has 140 valence electrons. The van der Waals surface area contributed by atoms with Crippen LogP contribution in [0.25, 0.3) is 11.1 Å². The van der Waals surface area contributed by atoms with Crippen molar-refractivity contribution in [2.45, 2.75) is 39.5 Å². The molecule has 1 aromatic carbocycles. The Labute approximate surface area is 157 Å². The van der Waals surface area contributed by atoms with Gasteiger partial charge in [-0.25, -0.2) is 4.98 Å². The van der Waals surface area contributed by atoms with Gasteiger partial charge in [-0.05, 0) is 42.9 Å². The van der Waals surface area contributed by atoms with Crippen LogP contribution in [-0.2, 0) is 13.5 Å². The van der Waals surface area contributed by atoms with E-state index in [-0.39, 0.29) is 22.6 Å². The van der Waals surface area contributed by atoms with Gasteiger partial charge in [0.25, 0.3) is 11.5 Å². The molecule has 6 nitrogen and oxygen atoms in total. The number of aromatic nitrogens is 2. The van der Waals surface area contributed by atoms with Crippen molar-refractivity contribution >= 4 is 22.7 Å². The maximum Gasteiger partial charge on any atom is 0.265 e. The third kappa shape index (κ3) is 2.76. The molecule has 0 atom stereocenters. The predicted molar refractivity (Wildman–Crippen MR) is 105 cm³/mol. The van der Waals surface area contributed by atoms with E-state index >= 15 is 0 Å². The molecule has 0 bridgehead atoms. The number of rotatable bonds is 2. The average molecular weight is 365 g/mol. The van der Waals surface area contributed by atoms with Crippen LogP contribution in [0.3, 0.4) is 0 Å². The van der Waals surface area contributed by atoms with E-state index in [0.29, 0.717) is 23.8 Å². The maximum atomic E-state index is 13.4.